The fourth-order valence-electron chi connectivity index (χ4n) is 1.27. The van der Waals surface area contributed by atoms with Crippen molar-refractivity contribution >= 4 is 23.4 Å². The van der Waals surface area contributed by atoms with Gasteiger partial charge in [0.15, 0.2) is 0 Å². The Bertz CT molecular complexity index is 328. The average Bonchev–Trinajstić information content (AvgIpc) is 2.23. The van der Waals surface area contributed by atoms with E-state index in [1.165, 1.54) is 0 Å². The third-order valence-corrected chi connectivity index (χ3v) is 2.81. The molecule has 1 heterocycles. The highest BCUT2D eigenvalue weighted by Gasteiger charge is 2.05. The fraction of sp³-hybridized carbons (Fsp3) is 0.636. The van der Waals surface area contributed by atoms with Crippen LogP contribution < -0.4 is 11.1 Å². The predicted molar refractivity (Wildman–Crippen MR) is 72.0 cm³/mol. The van der Waals surface area contributed by atoms with E-state index in [1.807, 2.05) is 11.8 Å². The van der Waals surface area contributed by atoms with Gasteiger partial charge in [0, 0.05) is 18.5 Å². The van der Waals surface area contributed by atoms with Crippen molar-refractivity contribution in [3.63, 3.8) is 0 Å². The fourth-order valence-corrected chi connectivity index (χ4v) is 1.70. The molecule has 0 aliphatic heterocycles. The molecule has 5 heteroatoms. The Morgan fingerprint density at radius 2 is 2.19 bits per heavy atom. The van der Waals surface area contributed by atoms with E-state index < -0.39 is 0 Å². The molecule has 0 spiro atoms. The van der Waals surface area contributed by atoms with Crippen molar-refractivity contribution in [2.24, 2.45) is 0 Å². The lowest BCUT2D eigenvalue weighted by Crippen LogP contribution is -2.09. The van der Waals surface area contributed by atoms with Crippen LogP contribution in [0.1, 0.15) is 32.0 Å². The van der Waals surface area contributed by atoms with Crippen molar-refractivity contribution in [2.75, 3.05) is 29.6 Å². The van der Waals surface area contributed by atoms with E-state index in [1.54, 1.807) is 6.07 Å². The molecule has 0 aliphatic carbocycles. The summed E-state index contributed by atoms with van der Waals surface area (Å²) in [6.07, 6.45) is 3.24. The van der Waals surface area contributed by atoms with E-state index in [0.717, 1.165) is 30.4 Å². The number of aromatic nitrogens is 2. The molecule has 0 unspecified atom stereocenters. The van der Waals surface area contributed by atoms with Crippen molar-refractivity contribution in [1.29, 1.82) is 0 Å². The molecule has 90 valence electrons. The summed E-state index contributed by atoms with van der Waals surface area (Å²) in [4.78, 5) is 8.62. The number of anilines is 2. The van der Waals surface area contributed by atoms with Crippen LogP contribution in [0, 0.1) is 0 Å². The van der Waals surface area contributed by atoms with Crippen molar-refractivity contribution in [3.05, 3.63) is 11.9 Å². The van der Waals surface area contributed by atoms with E-state index in [0.29, 0.717) is 11.7 Å². The zero-order chi connectivity index (χ0) is 12.0. The Labute approximate surface area is 101 Å². The van der Waals surface area contributed by atoms with Gasteiger partial charge in [0.05, 0.1) is 0 Å². The minimum atomic E-state index is 0.301. The van der Waals surface area contributed by atoms with Crippen LogP contribution in [0.4, 0.5) is 11.6 Å². The number of rotatable bonds is 6. The highest BCUT2D eigenvalue weighted by Crippen LogP contribution is 2.14. The smallest absolute Gasteiger partial charge is 0.135 e. The van der Waals surface area contributed by atoms with Crippen LogP contribution in [0.5, 0.6) is 0 Å². The maximum absolute atomic E-state index is 5.73. The third kappa shape index (κ3) is 4.26. The number of hydrogen-bond acceptors (Lipinski definition) is 5. The van der Waals surface area contributed by atoms with Crippen molar-refractivity contribution in [1.82, 2.24) is 9.97 Å². The van der Waals surface area contributed by atoms with Crippen LogP contribution in [0.25, 0.3) is 0 Å². The van der Waals surface area contributed by atoms with E-state index in [2.05, 4.69) is 35.4 Å². The Morgan fingerprint density at radius 3 is 2.81 bits per heavy atom. The van der Waals surface area contributed by atoms with Crippen LogP contribution in [0.15, 0.2) is 6.07 Å². The molecule has 0 atom stereocenters. The second-order valence-electron chi connectivity index (χ2n) is 3.96. The topological polar surface area (TPSA) is 63.8 Å². The summed E-state index contributed by atoms with van der Waals surface area (Å²) in [6.45, 7) is 5.05. The van der Waals surface area contributed by atoms with Gasteiger partial charge in [-0.3, -0.25) is 0 Å². The van der Waals surface area contributed by atoms with Crippen LogP contribution in [0.3, 0.4) is 0 Å². The summed E-state index contributed by atoms with van der Waals surface area (Å²) in [5.41, 5.74) is 5.73. The van der Waals surface area contributed by atoms with E-state index in [4.69, 9.17) is 5.73 Å². The van der Waals surface area contributed by atoms with Crippen LogP contribution in [-0.4, -0.2) is 28.5 Å². The molecule has 4 nitrogen and oxygen atoms in total. The van der Waals surface area contributed by atoms with Crippen LogP contribution in [0.2, 0.25) is 0 Å². The molecule has 3 N–H and O–H groups in total. The normalized spacial score (nSPS) is 10.8. The number of thioether (sulfide) groups is 1. The van der Waals surface area contributed by atoms with Gasteiger partial charge in [0.2, 0.25) is 0 Å². The Kier molecular flexibility index (Phi) is 5.38. The molecule has 1 rings (SSSR count). The van der Waals surface area contributed by atoms with Gasteiger partial charge in [0.25, 0.3) is 0 Å². The summed E-state index contributed by atoms with van der Waals surface area (Å²) in [5.74, 6) is 3.62. The summed E-state index contributed by atoms with van der Waals surface area (Å²) in [5, 5.41) is 3.27. The number of nitrogens with two attached hydrogens (primary N) is 1. The molecule has 0 amide bonds. The standard InChI is InChI=1S/C11H20N4S/c1-8(2)11-14-9(12)7-10(15-11)13-5-4-6-16-3/h7-8H,4-6H2,1-3H3,(H3,12,13,14,15). The number of hydrogen-bond donors (Lipinski definition) is 2. The molecular formula is C11H20N4S. The van der Waals surface area contributed by atoms with E-state index >= 15 is 0 Å². The minimum absolute atomic E-state index is 0.301. The van der Waals surface area contributed by atoms with Crippen molar-refractivity contribution in [3.8, 4) is 0 Å². The highest BCUT2D eigenvalue weighted by atomic mass is 32.2. The zero-order valence-electron chi connectivity index (χ0n) is 10.2. The second-order valence-corrected chi connectivity index (χ2v) is 4.95. The lowest BCUT2D eigenvalue weighted by molar-refractivity contribution is 0.776. The molecule has 1 aromatic heterocycles. The Morgan fingerprint density at radius 1 is 1.44 bits per heavy atom. The van der Waals surface area contributed by atoms with Gasteiger partial charge in [-0.05, 0) is 18.4 Å². The molecule has 0 saturated heterocycles. The molecule has 0 bridgehead atoms. The van der Waals surface area contributed by atoms with Crippen LogP contribution in [-0.2, 0) is 0 Å². The largest absolute Gasteiger partial charge is 0.384 e. The number of nitrogen functional groups attached to an aromatic ring is 1. The zero-order valence-corrected chi connectivity index (χ0v) is 11.0. The molecule has 0 saturated carbocycles. The summed E-state index contributed by atoms with van der Waals surface area (Å²) >= 11 is 1.85. The van der Waals surface area contributed by atoms with Gasteiger partial charge in [-0.1, -0.05) is 13.8 Å². The molecule has 0 fully saturated rings. The molecular weight excluding hydrogens is 220 g/mol. The predicted octanol–water partition coefficient (Wildman–Crippen LogP) is 2.35. The maximum atomic E-state index is 5.73. The second kappa shape index (κ2) is 6.58. The van der Waals surface area contributed by atoms with Crippen molar-refractivity contribution in [2.45, 2.75) is 26.2 Å². The lowest BCUT2D eigenvalue weighted by Gasteiger charge is -2.09. The summed E-state index contributed by atoms with van der Waals surface area (Å²) in [7, 11) is 0. The first-order chi connectivity index (χ1) is 7.63. The maximum Gasteiger partial charge on any atom is 0.135 e. The lowest BCUT2D eigenvalue weighted by atomic mass is 10.2. The minimum Gasteiger partial charge on any atom is -0.384 e. The third-order valence-electron chi connectivity index (χ3n) is 2.11. The van der Waals surface area contributed by atoms with Crippen LogP contribution >= 0.6 is 11.8 Å². The molecule has 0 aliphatic rings. The van der Waals surface area contributed by atoms with Gasteiger partial charge in [-0.25, -0.2) is 9.97 Å². The van der Waals surface area contributed by atoms with Gasteiger partial charge in [0.1, 0.15) is 17.5 Å². The molecule has 16 heavy (non-hydrogen) atoms. The van der Waals surface area contributed by atoms with Gasteiger partial charge >= 0.3 is 0 Å². The van der Waals surface area contributed by atoms with E-state index in [-0.39, 0.29) is 0 Å². The summed E-state index contributed by atoms with van der Waals surface area (Å²) in [6, 6.07) is 1.78. The quantitative estimate of drug-likeness (QED) is 0.747. The van der Waals surface area contributed by atoms with Gasteiger partial charge in [-0.15, -0.1) is 0 Å². The SMILES string of the molecule is CSCCCNc1cc(N)nc(C(C)C)n1. The highest BCUT2D eigenvalue weighted by molar-refractivity contribution is 7.98. The monoisotopic (exact) mass is 240 g/mol. The van der Waals surface area contributed by atoms with Crippen molar-refractivity contribution < 1.29 is 0 Å². The van der Waals surface area contributed by atoms with E-state index in [9.17, 15) is 0 Å². The first kappa shape index (κ1) is 13.1. The average molecular weight is 240 g/mol. The Balaban J connectivity index is 2.58. The summed E-state index contributed by atoms with van der Waals surface area (Å²) < 4.78 is 0. The van der Waals surface area contributed by atoms with Gasteiger partial charge in [-0.2, -0.15) is 11.8 Å². The number of nitrogens with one attached hydrogen (secondary N) is 1. The first-order valence-corrected chi connectivity index (χ1v) is 6.90. The first-order valence-electron chi connectivity index (χ1n) is 5.50. The van der Waals surface area contributed by atoms with Gasteiger partial charge < -0.3 is 11.1 Å². The molecule has 1 aromatic rings. The number of nitrogens with zero attached hydrogens (tertiary/aromatic N) is 2. The molecule has 0 aromatic carbocycles. The molecule has 0 radical (unpaired) electrons. The Hall–Kier alpha value is -0.970.